The number of anilines is 1. The highest BCUT2D eigenvalue weighted by Crippen LogP contribution is 2.43. The molecule has 0 saturated carbocycles. The maximum absolute atomic E-state index is 12.9. The molecule has 3 heterocycles. The molecule has 0 spiro atoms. The SMILES string of the molecule is CCN1CCc2c(sc3c2C(=O)NC(c2cc(Br)cc(Br)c2OC)N3)C1. The van der Waals surface area contributed by atoms with E-state index in [-0.39, 0.29) is 12.1 Å². The minimum atomic E-state index is -0.332. The van der Waals surface area contributed by atoms with Gasteiger partial charge < -0.3 is 15.4 Å². The van der Waals surface area contributed by atoms with Gasteiger partial charge in [0.05, 0.1) is 17.1 Å². The van der Waals surface area contributed by atoms with E-state index in [1.807, 2.05) is 12.1 Å². The van der Waals surface area contributed by atoms with Gasteiger partial charge in [-0.3, -0.25) is 9.69 Å². The van der Waals surface area contributed by atoms with Gasteiger partial charge in [-0.25, -0.2) is 0 Å². The zero-order valence-corrected chi connectivity index (χ0v) is 18.5. The second kappa shape index (κ2) is 7.14. The van der Waals surface area contributed by atoms with Crippen molar-refractivity contribution < 1.29 is 9.53 Å². The van der Waals surface area contributed by atoms with Gasteiger partial charge in [-0.1, -0.05) is 22.9 Å². The molecule has 2 aliphatic heterocycles. The largest absolute Gasteiger partial charge is 0.495 e. The molecule has 0 radical (unpaired) electrons. The lowest BCUT2D eigenvalue weighted by molar-refractivity contribution is 0.0934. The minimum absolute atomic E-state index is 0.00986. The van der Waals surface area contributed by atoms with Crippen LogP contribution in [0, 0.1) is 0 Å². The summed E-state index contributed by atoms with van der Waals surface area (Å²) in [5.41, 5.74) is 2.92. The summed E-state index contributed by atoms with van der Waals surface area (Å²) in [5.74, 6) is 0.706. The summed E-state index contributed by atoms with van der Waals surface area (Å²) in [6.45, 7) is 5.15. The fourth-order valence-corrected chi connectivity index (χ4v) is 6.34. The van der Waals surface area contributed by atoms with Crippen LogP contribution in [0.5, 0.6) is 5.75 Å². The van der Waals surface area contributed by atoms with Crippen molar-refractivity contribution in [1.82, 2.24) is 10.2 Å². The number of halogens is 2. The Labute approximate surface area is 173 Å². The Hall–Kier alpha value is -1.09. The van der Waals surface area contributed by atoms with Crippen molar-refractivity contribution in [3.63, 3.8) is 0 Å². The van der Waals surface area contributed by atoms with E-state index in [1.54, 1.807) is 18.4 Å². The van der Waals surface area contributed by atoms with Crippen LogP contribution in [-0.4, -0.2) is 31.0 Å². The molecule has 0 bridgehead atoms. The number of likely N-dealkylation sites (N-methyl/N-ethyl adjacent to an activating group) is 1. The topological polar surface area (TPSA) is 53.6 Å². The van der Waals surface area contributed by atoms with Crippen LogP contribution in [0.25, 0.3) is 0 Å². The molecule has 138 valence electrons. The minimum Gasteiger partial charge on any atom is -0.495 e. The fourth-order valence-electron chi connectivity index (χ4n) is 3.60. The number of rotatable bonds is 3. The molecule has 1 atom stereocenters. The Kier molecular flexibility index (Phi) is 5.02. The van der Waals surface area contributed by atoms with E-state index < -0.39 is 0 Å². The first-order valence-corrected chi connectivity index (χ1v) is 10.9. The van der Waals surface area contributed by atoms with Crippen molar-refractivity contribution in [3.05, 3.63) is 42.6 Å². The summed E-state index contributed by atoms with van der Waals surface area (Å²) in [6, 6.07) is 3.90. The van der Waals surface area contributed by atoms with E-state index in [9.17, 15) is 4.79 Å². The van der Waals surface area contributed by atoms with Gasteiger partial charge >= 0.3 is 0 Å². The van der Waals surface area contributed by atoms with Crippen LogP contribution in [0.15, 0.2) is 21.1 Å². The molecule has 1 aromatic heterocycles. The van der Waals surface area contributed by atoms with Gasteiger partial charge in [-0.2, -0.15) is 0 Å². The first-order valence-electron chi connectivity index (χ1n) is 8.49. The summed E-state index contributed by atoms with van der Waals surface area (Å²) in [7, 11) is 1.64. The lowest BCUT2D eigenvalue weighted by atomic mass is 10.00. The molecule has 1 aromatic carbocycles. The van der Waals surface area contributed by atoms with Gasteiger partial charge in [0.15, 0.2) is 0 Å². The Balaban J connectivity index is 1.72. The highest BCUT2D eigenvalue weighted by molar-refractivity contribution is 9.11. The smallest absolute Gasteiger partial charge is 0.256 e. The molecular weight excluding hydrogens is 482 g/mol. The van der Waals surface area contributed by atoms with Gasteiger partial charge in [-0.15, -0.1) is 11.3 Å². The molecule has 8 heteroatoms. The molecule has 4 rings (SSSR count). The zero-order chi connectivity index (χ0) is 18.4. The number of hydrogen-bond donors (Lipinski definition) is 2. The molecule has 1 amide bonds. The Morgan fingerprint density at radius 3 is 2.88 bits per heavy atom. The second-order valence-electron chi connectivity index (χ2n) is 6.39. The van der Waals surface area contributed by atoms with E-state index in [0.29, 0.717) is 5.75 Å². The predicted molar refractivity (Wildman–Crippen MR) is 111 cm³/mol. The van der Waals surface area contributed by atoms with Crippen LogP contribution in [-0.2, 0) is 13.0 Å². The fraction of sp³-hybridized carbons (Fsp3) is 0.389. The average molecular weight is 501 g/mol. The third-order valence-electron chi connectivity index (χ3n) is 4.91. The van der Waals surface area contributed by atoms with Crippen LogP contribution in [0.3, 0.4) is 0 Å². The molecule has 2 aliphatic rings. The summed E-state index contributed by atoms with van der Waals surface area (Å²) >= 11 is 8.76. The summed E-state index contributed by atoms with van der Waals surface area (Å²) in [4.78, 5) is 16.6. The Bertz CT molecular complexity index is 884. The highest BCUT2D eigenvalue weighted by Gasteiger charge is 2.34. The van der Waals surface area contributed by atoms with Gasteiger partial charge in [-0.05, 0) is 46.6 Å². The maximum Gasteiger partial charge on any atom is 0.256 e. The Morgan fingerprint density at radius 1 is 1.35 bits per heavy atom. The van der Waals surface area contributed by atoms with Crippen LogP contribution in [0.4, 0.5) is 5.00 Å². The standard InChI is InChI=1S/C18H19Br2N3O2S/c1-3-23-5-4-10-13(8-23)26-18-14(10)17(24)21-16(22-18)11-6-9(19)7-12(20)15(11)25-2/h6-7,16,22H,3-5,8H2,1-2H3,(H,21,24). The lowest BCUT2D eigenvalue weighted by Gasteiger charge is -2.29. The highest BCUT2D eigenvalue weighted by atomic mass is 79.9. The van der Waals surface area contributed by atoms with Crippen LogP contribution < -0.4 is 15.4 Å². The Morgan fingerprint density at radius 2 is 2.15 bits per heavy atom. The van der Waals surface area contributed by atoms with E-state index in [1.165, 1.54) is 10.4 Å². The monoisotopic (exact) mass is 499 g/mol. The first-order chi connectivity index (χ1) is 12.5. The number of hydrogen-bond acceptors (Lipinski definition) is 5. The number of thiophene rings is 1. The van der Waals surface area contributed by atoms with Crippen LogP contribution >= 0.6 is 43.2 Å². The number of nitrogens with zero attached hydrogens (tertiary/aromatic N) is 1. The van der Waals surface area contributed by atoms with Crippen LogP contribution in [0.2, 0.25) is 0 Å². The molecule has 26 heavy (non-hydrogen) atoms. The van der Waals surface area contributed by atoms with Gasteiger partial charge in [0.25, 0.3) is 5.91 Å². The van der Waals surface area contributed by atoms with Crippen molar-refractivity contribution in [2.24, 2.45) is 0 Å². The lowest BCUT2D eigenvalue weighted by Crippen LogP contribution is -2.39. The normalized spacial score (nSPS) is 19.4. The molecule has 5 nitrogen and oxygen atoms in total. The molecule has 2 aromatic rings. The molecule has 0 aliphatic carbocycles. The second-order valence-corrected chi connectivity index (χ2v) is 9.26. The molecule has 2 N–H and O–H groups in total. The third-order valence-corrected chi connectivity index (χ3v) is 7.11. The van der Waals surface area contributed by atoms with Gasteiger partial charge in [0, 0.05) is 28.0 Å². The number of nitrogens with one attached hydrogen (secondary N) is 2. The number of amides is 1. The van der Waals surface area contributed by atoms with Crippen LogP contribution in [0.1, 0.15) is 39.5 Å². The summed E-state index contributed by atoms with van der Waals surface area (Å²) in [6.07, 6.45) is 0.599. The molecular formula is C18H19Br2N3O2S. The number of carbonyl (C=O) groups excluding carboxylic acids is 1. The van der Waals surface area contributed by atoms with Crippen molar-refractivity contribution in [2.45, 2.75) is 26.1 Å². The number of benzene rings is 1. The molecule has 0 fully saturated rings. The van der Waals surface area contributed by atoms with Gasteiger partial charge in [0.1, 0.15) is 16.9 Å². The molecule has 0 saturated heterocycles. The van der Waals surface area contributed by atoms with E-state index in [4.69, 9.17) is 4.74 Å². The summed E-state index contributed by atoms with van der Waals surface area (Å²) in [5, 5.41) is 7.57. The van der Waals surface area contributed by atoms with E-state index >= 15 is 0 Å². The third kappa shape index (κ3) is 3.06. The summed E-state index contributed by atoms with van der Waals surface area (Å²) < 4.78 is 7.32. The predicted octanol–water partition coefficient (Wildman–Crippen LogP) is 4.51. The number of fused-ring (bicyclic) bond motifs is 3. The van der Waals surface area contributed by atoms with E-state index in [0.717, 1.165) is 51.1 Å². The average Bonchev–Trinajstić information content (AvgIpc) is 2.98. The quantitative estimate of drug-likeness (QED) is 0.650. The van der Waals surface area contributed by atoms with Crippen molar-refractivity contribution in [1.29, 1.82) is 0 Å². The molecule has 1 unspecified atom stereocenters. The van der Waals surface area contributed by atoms with Crippen molar-refractivity contribution in [2.75, 3.05) is 25.5 Å². The first kappa shape index (κ1) is 18.3. The van der Waals surface area contributed by atoms with Gasteiger partial charge in [0.2, 0.25) is 0 Å². The maximum atomic E-state index is 12.9. The number of ether oxygens (including phenoxy) is 1. The van der Waals surface area contributed by atoms with Crippen molar-refractivity contribution in [3.8, 4) is 5.75 Å². The van der Waals surface area contributed by atoms with E-state index in [2.05, 4.69) is 54.3 Å². The zero-order valence-electron chi connectivity index (χ0n) is 14.5. The number of carbonyl (C=O) groups is 1. The number of methoxy groups -OCH3 is 1. The van der Waals surface area contributed by atoms with Crippen molar-refractivity contribution >= 4 is 54.1 Å².